The Balaban J connectivity index is 0.00000108. The van der Waals surface area contributed by atoms with E-state index in [1.54, 1.807) is 0 Å². The molecule has 0 saturated heterocycles. The quantitative estimate of drug-likeness (QED) is 0.464. The molecule has 0 radical (unpaired) electrons. The van der Waals surface area contributed by atoms with Gasteiger partial charge >= 0.3 is 0 Å². The van der Waals surface area contributed by atoms with Crippen LogP contribution in [0.3, 0.4) is 0 Å². The summed E-state index contributed by atoms with van der Waals surface area (Å²) in [5.41, 5.74) is 3.69. The normalized spacial score (nSPS) is 10.2. The molecule has 1 N–H and O–H groups in total. The number of hydrogen-bond donors (Lipinski definition) is 1. The van der Waals surface area contributed by atoms with Crippen molar-refractivity contribution in [2.24, 2.45) is 7.05 Å². The van der Waals surface area contributed by atoms with Crippen LogP contribution in [0.5, 0.6) is 0 Å². The number of aromatic nitrogens is 2. The number of aryl methyl sites for hydroxylation is 1. The van der Waals surface area contributed by atoms with Crippen molar-refractivity contribution in [1.82, 2.24) is 4.98 Å². The average Bonchev–Trinajstić information content (AvgIpc) is 2.76. The second-order valence-corrected chi connectivity index (χ2v) is 4.01. The molecule has 3 rings (SSSR count). The summed E-state index contributed by atoms with van der Waals surface area (Å²) >= 11 is 0. The molecule has 0 saturated carbocycles. The molecule has 2 heterocycles. The molecule has 0 atom stereocenters. The Morgan fingerprint density at radius 3 is 2.76 bits per heavy atom. The van der Waals surface area contributed by atoms with Crippen LogP contribution < -0.4 is 28.5 Å². The number of para-hydroxylation sites is 1. The third-order valence-electron chi connectivity index (χ3n) is 2.84. The third-order valence-corrected chi connectivity index (χ3v) is 2.84. The molecule has 1 aromatic carbocycles. The summed E-state index contributed by atoms with van der Waals surface area (Å²) in [6.45, 7) is 0. The molecule has 0 unspecified atom stereocenters. The lowest BCUT2D eigenvalue weighted by Crippen LogP contribution is -3.00. The lowest BCUT2D eigenvalue weighted by molar-refractivity contribution is -0.671. The molecule has 0 aliphatic heterocycles. The second kappa shape index (κ2) is 4.87. The molecule has 0 aliphatic rings. The Morgan fingerprint density at radius 2 is 1.94 bits per heavy atom. The molecule has 0 amide bonds. The maximum absolute atomic E-state index is 3.30. The molecule has 3 heteroatoms. The standard InChI is InChI=1S/C14H13N2.HI/c1-16-9-3-5-12(10-16)13-6-2-4-11-7-8-15-14(11)13;/h2-10,15H,1H3;1H/q+1;/p-1. The average molecular weight is 336 g/mol. The number of rotatable bonds is 1. The van der Waals surface area contributed by atoms with Crippen LogP contribution in [0.1, 0.15) is 0 Å². The van der Waals surface area contributed by atoms with Crippen molar-refractivity contribution in [3.05, 3.63) is 55.0 Å². The zero-order chi connectivity index (χ0) is 11.0. The minimum absolute atomic E-state index is 0. The van der Waals surface area contributed by atoms with Crippen molar-refractivity contribution in [2.75, 3.05) is 0 Å². The van der Waals surface area contributed by atoms with Crippen molar-refractivity contribution in [3.8, 4) is 11.1 Å². The number of benzene rings is 1. The number of pyridine rings is 1. The van der Waals surface area contributed by atoms with E-state index in [1.165, 1.54) is 22.0 Å². The van der Waals surface area contributed by atoms with Crippen LogP contribution in [0.25, 0.3) is 22.0 Å². The fourth-order valence-corrected chi connectivity index (χ4v) is 2.07. The van der Waals surface area contributed by atoms with Crippen molar-refractivity contribution in [1.29, 1.82) is 0 Å². The Morgan fingerprint density at radius 1 is 1.06 bits per heavy atom. The summed E-state index contributed by atoms with van der Waals surface area (Å²) in [7, 11) is 2.04. The fraction of sp³-hybridized carbons (Fsp3) is 0.0714. The molecule has 2 nitrogen and oxygen atoms in total. The third kappa shape index (κ3) is 2.20. The highest BCUT2D eigenvalue weighted by atomic mass is 127. The van der Waals surface area contributed by atoms with E-state index in [0.29, 0.717) is 0 Å². The van der Waals surface area contributed by atoms with Gasteiger partial charge in [0.15, 0.2) is 12.4 Å². The Kier molecular flexibility index (Phi) is 3.47. The molecule has 0 spiro atoms. The van der Waals surface area contributed by atoms with E-state index in [2.05, 4.69) is 52.1 Å². The molecule has 2 aromatic heterocycles. The largest absolute Gasteiger partial charge is 1.00 e. The first-order chi connectivity index (χ1) is 7.84. The van der Waals surface area contributed by atoms with Crippen molar-refractivity contribution in [3.63, 3.8) is 0 Å². The zero-order valence-electron chi connectivity index (χ0n) is 9.52. The van der Waals surface area contributed by atoms with Gasteiger partial charge in [-0.1, -0.05) is 18.2 Å². The maximum Gasteiger partial charge on any atom is 0.176 e. The number of fused-ring (bicyclic) bond motifs is 1. The lowest BCUT2D eigenvalue weighted by Gasteiger charge is -2.01. The van der Waals surface area contributed by atoms with Gasteiger partial charge < -0.3 is 29.0 Å². The van der Waals surface area contributed by atoms with Crippen LogP contribution in [0.15, 0.2) is 55.0 Å². The Hall–Kier alpha value is -1.36. The van der Waals surface area contributed by atoms with Gasteiger partial charge in [-0.25, -0.2) is 4.57 Å². The summed E-state index contributed by atoms with van der Waals surface area (Å²) in [6, 6.07) is 12.7. The van der Waals surface area contributed by atoms with Crippen LogP contribution >= 0.6 is 0 Å². The van der Waals surface area contributed by atoms with E-state index in [4.69, 9.17) is 0 Å². The summed E-state index contributed by atoms with van der Waals surface area (Å²) in [5, 5.41) is 1.25. The van der Waals surface area contributed by atoms with Gasteiger partial charge in [-0.2, -0.15) is 0 Å². The first-order valence-corrected chi connectivity index (χ1v) is 5.36. The van der Waals surface area contributed by atoms with Crippen LogP contribution in [-0.2, 0) is 7.05 Å². The van der Waals surface area contributed by atoms with Crippen molar-refractivity contribution >= 4 is 10.9 Å². The molecule has 0 fully saturated rings. The first-order valence-electron chi connectivity index (χ1n) is 5.36. The van der Waals surface area contributed by atoms with E-state index in [9.17, 15) is 0 Å². The minimum atomic E-state index is 0. The Labute approximate surface area is 117 Å². The topological polar surface area (TPSA) is 19.7 Å². The highest BCUT2D eigenvalue weighted by Gasteiger charge is 2.06. The SMILES string of the molecule is C[n+]1cccc(-c2cccc3cc[nH]c23)c1.[I-]. The van der Waals surface area contributed by atoms with E-state index >= 15 is 0 Å². The van der Waals surface area contributed by atoms with Crippen molar-refractivity contribution in [2.45, 2.75) is 0 Å². The monoisotopic (exact) mass is 336 g/mol. The predicted molar refractivity (Wildman–Crippen MR) is 64.9 cm³/mol. The molecule has 86 valence electrons. The van der Waals surface area contributed by atoms with Gasteiger partial charge in [0.25, 0.3) is 0 Å². The van der Waals surface area contributed by atoms with Gasteiger partial charge in [0.1, 0.15) is 7.05 Å². The van der Waals surface area contributed by atoms with Crippen LogP contribution in [-0.4, -0.2) is 4.98 Å². The molecular weight excluding hydrogens is 323 g/mol. The van der Waals surface area contributed by atoms with Gasteiger partial charge in [0.2, 0.25) is 0 Å². The van der Waals surface area contributed by atoms with Crippen LogP contribution in [0.2, 0.25) is 0 Å². The highest BCUT2D eigenvalue weighted by molar-refractivity contribution is 5.93. The number of halogens is 1. The fourth-order valence-electron chi connectivity index (χ4n) is 2.07. The maximum atomic E-state index is 3.30. The molecule has 3 aromatic rings. The second-order valence-electron chi connectivity index (χ2n) is 4.01. The summed E-state index contributed by atoms with van der Waals surface area (Å²) in [6.07, 6.45) is 6.16. The van der Waals surface area contributed by atoms with E-state index < -0.39 is 0 Å². The number of nitrogens with zero attached hydrogens (tertiary/aromatic N) is 1. The molecule has 0 aliphatic carbocycles. The summed E-state index contributed by atoms with van der Waals surface area (Å²) in [5.74, 6) is 0. The smallest absolute Gasteiger partial charge is 0.176 e. The van der Waals surface area contributed by atoms with Gasteiger partial charge in [-0.3, -0.25) is 0 Å². The van der Waals surface area contributed by atoms with E-state index in [-0.39, 0.29) is 24.0 Å². The Bertz CT molecular complexity index is 643. The minimum Gasteiger partial charge on any atom is -1.00 e. The van der Waals surface area contributed by atoms with Crippen LogP contribution in [0.4, 0.5) is 0 Å². The van der Waals surface area contributed by atoms with Gasteiger partial charge in [-0.05, 0) is 17.5 Å². The van der Waals surface area contributed by atoms with Gasteiger partial charge in [0, 0.05) is 23.4 Å². The lowest BCUT2D eigenvalue weighted by atomic mass is 10.1. The van der Waals surface area contributed by atoms with Crippen LogP contribution in [0, 0.1) is 0 Å². The number of hydrogen-bond acceptors (Lipinski definition) is 0. The number of H-pyrrole nitrogens is 1. The highest BCUT2D eigenvalue weighted by Crippen LogP contribution is 2.26. The molecular formula is C14H13IN2. The van der Waals surface area contributed by atoms with Gasteiger partial charge in [-0.15, -0.1) is 0 Å². The molecule has 0 bridgehead atoms. The summed E-state index contributed by atoms with van der Waals surface area (Å²) < 4.78 is 2.07. The molecule has 17 heavy (non-hydrogen) atoms. The number of nitrogens with one attached hydrogen (secondary N) is 1. The number of aromatic amines is 1. The van der Waals surface area contributed by atoms with Gasteiger partial charge in [0.05, 0.1) is 5.52 Å². The van der Waals surface area contributed by atoms with E-state index in [0.717, 1.165) is 0 Å². The van der Waals surface area contributed by atoms with Crippen molar-refractivity contribution < 1.29 is 28.5 Å². The zero-order valence-corrected chi connectivity index (χ0v) is 11.7. The summed E-state index contributed by atoms with van der Waals surface area (Å²) in [4.78, 5) is 3.30. The van der Waals surface area contributed by atoms with E-state index in [1.807, 2.05) is 19.4 Å². The predicted octanol–water partition coefficient (Wildman–Crippen LogP) is -0.337. The first kappa shape index (κ1) is 12.1.